The highest BCUT2D eigenvalue weighted by Gasteiger charge is 2.22. The molecule has 1 saturated heterocycles. The van der Waals surface area contributed by atoms with E-state index in [1.165, 1.54) is 0 Å². The molecule has 0 bridgehead atoms. The fourth-order valence-corrected chi connectivity index (χ4v) is 2.39. The van der Waals surface area contributed by atoms with Crippen molar-refractivity contribution in [2.45, 2.75) is 32.9 Å². The Balaban J connectivity index is 2.23. The van der Waals surface area contributed by atoms with Crippen LogP contribution in [0.4, 0.5) is 10.1 Å². The molecule has 0 aliphatic carbocycles. The van der Waals surface area contributed by atoms with Gasteiger partial charge in [0.05, 0.1) is 5.69 Å². The van der Waals surface area contributed by atoms with Crippen LogP contribution in [0, 0.1) is 12.7 Å². The summed E-state index contributed by atoms with van der Waals surface area (Å²) in [4.78, 5) is 2.13. The molecule has 3 heteroatoms. The lowest BCUT2D eigenvalue weighted by Crippen LogP contribution is -2.54. The monoisotopic (exact) mass is 222 g/mol. The maximum atomic E-state index is 13.8. The van der Waals surface area contributed by atoms with Crippen LogP contribution in [0.25, 0.3) is 0 Å². The number of aryl methyl sites for hydroxylation is 1. The van der Waals surface area contributed by atoms with Gasteiger partial charge in [-0.1, -0.05) is 6.07 Å². The molecule has 1 aromatic rings. The van der Waals surface area contributed by atoms with Crippen LogP contribution < -0.4 is 10.2 Å². The normalized spacial score (nSPS) is 25.9. The molecule has 0 saturated carbocycles. The second-order valence-corrected chi connectivity index (χ2v) is 4.83. The average molecular weight is 222 g/mol. The van der Waals surface area contributed by atoms with E-state index in [0.29, 0.717) is 12.1 Å². The molecule has 88 valence electrons. The summed E-state index contributed by atoms with van der Waals surface area (Å²) in [5.41, 5.74) is 1.70. The first-order valence-electron chi connectivity index (χ1n) is 5.83. The third-order valence-corrected chi connectivity index (χ3v) is 3.00. The van der Waals surface area contributed by atoms with E-state index in [1.54, 1.807) is 6.07 Å². The van der Waals surface area contributed by atoms with Gasteiger partial charge in [0, 0.05) is 25.2 Å². The molecular weight excluding hydrogens is 203 g/mol. The molecule has 2 atom stereocenters. The van der Waals surface area contributed by atoms with Crippen molar-refractivity contribution in [3.8, 4) is 0 Å². The highest BCUT2D eigenvalue weighted by atomic mass is 19.1. The molecule has 1 aliphatic rings. The van der Waals surface area contributed by atoms with Gasteiger partial charge in [-0.05, 0) is 38.5 Å². The minimum atomic E-state index is -0.110. The average Bonchev–Trinajstić information content (AvgIpc) is 2.15. The Labute approximate surface area is 96.5 Å². The van der Waals surface area contributed by atoms with Crippen molar-refractivity contribution in [2.24, 2.45) is 0 Å². The summed E-state index contributed by atoms with van der Waals surface area (Å²) in [6.45, 7) is 7.91. The van der Waals surface area contributed by atoms with E-state index in [1.807, 2.05) is 19.1 Å². The van der Waals surface area contributed by atoms with E-state index in [0.717, 1.165) is 24.3 Å². The number of benzene rings is 1. The number of halogens is 1. The van der Waals surface area contributed by atoms with E-state index < -0.39 is 0 Å². The molecule has 1 aliphatic heterocycles. The third kappa shape index (κ3) is 2.35. The predicted molar refractivity (Wildman–Crippen MR) is 65.4 cm³/mol. The lowest BCUT2D eigenvalue weighted by atomic mass is 10.1. The van der Waals surface area contributed by atoms with Gasteiger partial charge in [0.15, 0.2) is 0 Å². The molecule has 0 amide bonds. The quantitative estimate of drug-likeness (QED) is 0.784. The highest BCUT2D eigenvalue weighted by molar-refractivity contribution is 5.49. The maximum absolute atomic E-state index is 13.8. The van der Waals surface area contributed by atoms with Crippen molar-refractivity contribution in [1.29, 1.82) is 0 Å². The SMILES string of the molecule is Cc1ccc(N2CC(C)NC(C)C2)c(F)c1. The van der Waals surface area contributed by atoms with Crippen LogP contribution in [0.2, 0.25) is 0 Å². The van der Waals surface area contributed by atoms with Gasteiger partial charge < -0.3 is 10.2 Å². The van der Waals surface area contributed by atoms with Crippen molar-refractivity contribution >= 4 is 5.69 Å². The van der Waals surface area contributed by atoms with Crippen molar-refractivity contribution in [2.75, 3.05) is 18.0 Å². The van der Waals surface area contributed by atoms with E-state index in [2.05, 4.69) is 24.1 Å². The standard InChI is InChI=1S/C13H19FN2/c1-9-4-5-13(12(14)6-9)16-7-10(2)15-11(3)8-16/h4-6,10-11,15H,7-8H2,1-3H3. The Kier molecular flexibility index (Phi) is 3.15. The summed E-state index contributed by atoms with van der Waals surface area (Å²) in [6.07, 6.45) is 0. The van der Waals surface area contributed by atoms with Crippen LogP contribution in [0.15, 0.2) is 18.2 Å². The summed E-state index contributed by atoms with van der Waals surface area (Å²) >= 11 is 0. The molecular formula is C13H19FN2. The molecule has 1 aromatic carbocycles. The number of rotatable bonds is 1. The zero-order chi connectivity index (χ0) is 11.7. The van der Waals surface area contributed by atoms with Gasteiger partial charge >= 0.3 is 0 Å². The summed E-state index contributed by atoms with van der Waals surface area (Å²) in [5.74, 6) is -0.110. The second-order valence-electron chi connectivity index (χ2n) is 4.83. The van der Waals surface area contributed by atoms with E-state index in [9.17, 15) is 4.39 Å². The Morgan fingerprint density at radius 2 is 1.88 bits per heavy atom. The molecule has 2 nitrogen and oxygen atoms in total. The third-order valence-electron chi connectivity index (χ3n) is 3.00. The van der Waals surface area contributed by atoms with Crippen molar-refractivity contribution in [1.82, 2.24) is 5.32 Å². The zero-order valence-electron chi connectivity index (χ0n) is 10.1. The van der Waals surface area contributed by atoms with Gasteiger partial charge in [-0.3, -0.25) is 0 Å². The molecule has 2 rings (SSSR count). The first-order chi connectivity index (χ1) is 7.56. The topological polar surface area (TPSA) is 15.3 Å². The molecule has 1 heterocycles. The largest absolute Gasteiger partial charge is 0.366 e. The lowest BCUT2D eigenvalue weighted by Gasteiger charge is -2.37. The fourth-order valence-electron chi connectivity index (χ4n) is 2.39. The van der Waals surface area contributed by atoms with Crippen molar-refractivity contribution < 1.29 is 4.39 Å². The molecule has 0 aromatic heterocycles. The molecule has 2 unspecified atom stereocenters. The van der Waals surface area contributed by atoms with Crippen LogP contribution in [0.5, 0.6) is 0 Å². The van der Waals surface area contributed by atoms with Gasteiger partial charge in [-0.2, -0.15) is 0 Å². The van der Waals surface area contributed by atoms with Crippen molar-refractivity contribution in [3.05, 3.63) is 29.6 Å². The highest BCUT2D eigenvalue weighted by Crippen LogP contribution is 2.22. The molecule has 0 radical (unpaired) electrons. The number of anilines is 1. The first-order valence-corrected chi connectivity index (χ1v) is 5.83. The summed E-state index contributed by atoms with van der Waals surface area (Å²) in [7, 11) is 0. The number of nitrogens with one attached hydrogen (secondary N) is 1. The van der Waals surface area contributed by atoms with Gasteiger partial charge in [-0.15, -0.1) is 0 Å². The minimum absolute atomic E-state index is 0.110. The van der Waals surface area contributed by atoms with Gasteiger partial charge in [-0.25, -0.2) is 4.39 Å². The number of hydrogen-bond acceptors (Lipinski definition) is 2. The van der Waals surface area contributed by atoms with Gasteiger partial charge in [0.25, 0.3) is 0 Å². The van der Waals surface area contributed by atoms with Crippen LogP contribution in [0.3, 0.4) is 0 Å². The van der Waals surface area contributed by atoms with Gasteiger partial charge in [0.1, 0.15) is 5.82 Å². The maximum Gasteiger partial charge on any atom is 0.146 e. The zero-order valence-corrected chi connectivity index (χ0v) is 10.1. The van der Waals surface area contributed by atoms with Crippen LogP contribution in [-0.2, 0) is 0 Å². The van der Waals surface area contributed by atoms with E-state index >= 15 is 0 Å². The second kappa shape index (κ2) is 4.42. The fraction of sp³-hybridized carbons (Fsp3) is 0.538. The van der Waals surface area contributed by atoms with Crippen molar-refractivity contribution in [3.63, 3.8) is 0 Å². The first kappa shape index (κ1) is 11.4. The van der Waals surface area contributed by atoms with Gasteiger partial charge in [0.2, 0.25) is 0 Å². The molecule has 16 heavy (non-hydrogen) atoms. The Morgan fingerprint density at radius 3 is 2.44 bits per heavy atom. The lowest BCUT2D eigenvalue weighted by molar-refractivity contribution is 0.404. The smallest absolute Gasteiger partial charge is 0.146 e. The number of piperazine rings is 1. The van der Waals surface area contributed by atoms with E-state index in [4.69, 9.17) is 0 Å². The number of hydrogen-bond donors (Lipinski definition) is 1. The van der Waals surface area contributed by atoms with Crippen LogP contribution >= 0.6 is 0 Å². The summed E-state index contributed by atoms with van der Waals surface area (Å²) < 4.78 is 13.8. The molecule has 1 N–H and O–H groups in total. The predicted octanol–water partition coefficient (Wildman–Crippen LogP) is 2.32. The van der Waals surface area contributed by atoms with Crippen LogP contribution in [0.1, 0.15) is 19.4 Å². The Hall–Kier alpha value is -1.09. The Morgan fingerprint density at radius 1 is 1.25 bits per heavy atom. The van der Waals surface area contributed by atoms with E-state index in [-0.39, 0.29) is 5.82 Å². The summed E-state index contributed by atoms with van der Waals surface area (Å²) in [6, 6.07) is 6.27. The van der Waals surface area contributed by atoms with Crippen LogP contribution in [-0.4, -0.2) is 25.2 Å². The molecule has 1 fully saturated rings. The number of nitrogens with zero attached hydrogens (tertiary/aromatic N) is 1. The summed E-state index contributed by atoms with van der Waals surface area (Å²) in [5, 5.41) is 3.45. The Bertz CT molecular complexity index is 368. The minimum Gasteiger partial charge on any atom is -0.366 e. The molecule has 0 spiro atoms.